The van der Waals surface area contributed by atoms with Gasteiger partial charge in [-0.15, -0.1) is 24.0 Å². The molecule has 7 heteroatoms. The van der Waals surface area contributed by atoms with Gasteiger partial charge < -0.3 is 10.6 Å². The predicted octanol–water partition coefficient (Wildman–Crippen LogP) is 3.66. The van der Waals surface area contributed by atoms with Gasteiger partial charge in [-0.05, 0) is 45.8 Å². The molecule has 1 heterocycles. The highest BCUT2D eigenvalue weighted by Gasteiger charge is 2.17. The van der Waals surface area contributed by atoms with Crippen molar-refractivity contribution in [3.8, 4) is 0 Å². The molecule has 2 aromatic rings. The Hall–Kier alpha value is -1.61. The molecule has 0 spiro atoms. The Morgan fingerprint density at radius 2 is 1.77 bits per heavy atom. The topological polar surface area (TPSA) is 57.5 Å². The molecule has 0 aliphatic rings. The summed E-state index contributed by atoms with van der Waals surface area (Å²) in [7, 11) is 1.98. The van der Waals surface area contributed by atoms with E-state index >= 15 is 0 Å². The first kappa shape index (κ1) is 26.4. The zero-order valence-corrected chi connectivity index (χ0v) is 21.7. The lowest BCUT2D eigenvalue weighted by Crippen LogP contribution is -2.48. The molecular formula is C23H39IN6. The van der Waals surface area contributed by atoms with E-state index in [4.69, 9.17) is 4.99 Å². The second-order valence-electron chi connectivity index (χ2n) is 7.41. The van der Waals surface area contributed by atoms with Crippen LogP contribution in [0.4, 0.5) is 0 Å². The normalized spacial score (nSPS) is 12.6. The number of nitrogens with zero attached hydrogens (tertiary/aromatic N) is 4. The van der Waals surface area contributed by atoms with E-state index in [0.29, 0.717) is 12.6 Å². The molecule has 168 valence electrons. The van der Waals surface area contributed by atoms with Gasteiger partial charge in [0.2, 0.25) is 0 Å². The van der Waals surface area contributed by atoms with E-state index < -0.39 is 0 Å². The zero-order chi connectivity index (χ0) is 21.2. The molecule has 1 atom stereocenters. The molecule has 0 aliphatic carbocycles. The van der Waals surface area contributed by atoms with Gasteiger partial charge in [-0.25, -0.2) is 4.99 Å². The number of aliphatic imine (C=N–C) groups is 1. The molecule has 6 nitrogen and oxygen atoms in total. The number of halogens is 1. The number of aromatic nitrogens is 2. The minimum absolute atomic E-state index is 0. The summed E-state index contributed by atoms with van der Waals surface area (Å²) in [5.41, 5.74) is 4.80. The second-order valence-corrected chi connectivity index (χ2v) is 7.41. The number of benzene rings is 1. The van der Waals surface area contributed by atoms with Crippen LogP contribution in [-0.2, 0) is 20.0 Å². The van der Waals surface area contributed by atoms with Gasteiger partial charge in [0.25, 0.3) is 0 Å². The number of hydrogen-bond acceptors (Lipinski definition) is 3. The van der Waals surface area contributed by atoms with E-state index in [-0.39, 0.29) is 24.0 Å². The monoisotopic (exact) mass is 526 g/mol. The van der Waals surface area contributed by atoms with Crippen molar-refractivity contribution in [3.63, 3.8) is 0 Å². The molecule has 30 heavy (non-hydrogen) atoms. The van der Waals surface area contributed by atoms with Crippen molar-refractivity contribution in [2.24, 2.45) is 12.0 Å². The Bertz CT molecular complexity index is 768. The van der Waals surface area contributed by atoms with Gasteiger partial charge in [0.1, 0.15) is 0 Å². The van der Waals surface area contributed by atoms with Crippen LogP contribution in [0.5, 0.6) is 0 Å². The molecule has 0 saturated heterocycles. The van der Waals surface area contributed by atoms with Crippen molar-refractivity contribution in [3.05, 3.63) is 52.8 Å². The van der Waals surface area contributed by atoms with Gasteiger partial charge in [0.15, 0.2) is 5.96 Å². The Labute approximate surface area is 199 Å². The van der Waals surface area contributed by atoms with Crippen LogP contribution in [0.25, 0.3) is 0 Å². The fourth-order valence-electron chi connectivity index (χ4n) is 3.72. The first-order chi connectivity index (χ1) is 14.0. The summed E-state index contributed by atoms with van der Waals surface area (Å²) in [5.74, 6) is 0.861. The van der Waals surface area contributed by atoms with Crippen LogP contribution >= 0.6 is 24.0 Å². The van der Waals surface area contributed by atoms with Crippen molar-refractivity contribution in [1.29, 1.82) is 0 Å². The van der Waals surface area contributed by atoms with Crippen molar-refractivity contribution < 1.29 is 0 Å². The second kappa shape index (κ2) is 13.6. The maximum atomic E-state index is 4.83. The van der Waals surface area contributed by atoms with Gasteiger partial charge in [0.05, 0.1) is 12.2 Å². The summed E-state index contributed by atoms with van der Waals surface area (Å²) < 4.78 is 1.93. The van der Waals surface area contributed by atoms with Gasteiger partial charge >= 0.3 is 0 Å². The predicted molar refractivity (Wildman–Crippen MR) is 138 cm³/mol. The number of nitrogens with one attached hydrogen (secondary N) is 2. The highest BCUT2D eigenvalue weighted by Crippen LogP contribution is 2.13. The third kappa shape index (κ3) is 7.58. The summed E-state index contributed by atoms with van der Waals surface area (Å²) in [4.78, 5) is 7.34. The zero-order valence-electron chi connectivity index (χ0n) is 19.4. The Morgan fingerprint density at radius 3 is 2.30 bits per heavy atom. The summed E-state index contributed by atoms with van der Waals surface area (Å²) in [6.45, 7) is 15.1. The van der Waals surface area contributed by atoms with Crippen molar-refractivity contribution in [1.82, 2.24) is 25.3 Å². The van der Waals surface area contributed by atoms with E-state index in [1.165, 1.54) is 16.8 Å². The summed E-state index contributed by atoms with van der Waals surface area (Å²) in [5, 5.41) is 11.5. The molecule has 0 fully saturated rings. The maximum Gasteiger partial charge on any atom is 0.191 e. The van der Waals surface area contributed by atoms with Crippen LogP contribution in [0, 0.1) is 13.8 Å². The summed E-state index contributed by atoms with van der Waals surface area (Å²) >= 11 is 0. The van der Waals surface area contributed by atoms with E-state index in [9.17, 15) is 0 Å². The lowest BCUT2D eigenvalue weighted by Gasteiger charge is -2.30. The first-order valence-electron chi connectivity index (χ1n) is 10.8. The van der Waals surface area contributed by atoms with Crippen molar-refractivity contribution >= 4 is 29.9 Å². The third-order valence-corrected chi connectivity index (χ3v) is 5.55. The summed E-state index contributed by atoms with van der Waals surface area (Å²) in [6.07, 6.45) is 1.02. The van der Waals surface area contributed by atoms with Crippen LogP contribution in [0.2, 0.25) is 0 Å². The molecule has 0 amide bonds. The van der Waals surface area contributed by atoms with E-state index in [1.807, 2.05) is 11.7 Å². The number of aryl methyl sites for hydroxylation is 2. The van der Waals surface area contributed by atoms with E-state index in [2.05, 4.69) is 85.6 Å². The molecule has 1 aromatic carbocycles. The molecule has 0 radical (unpaired) electrons. The van der Waals surface area contributed by atoms with Crippen LogP contribution in [-0.4, -0.2) is 52.9 Å². The minimum atomic E-state index is 0. The van der Waals surface area contributed by atoms with Crippen molar-refractivity contribution in [2.75, 3.05) is 26.2 Å². The van der Waals surface area contributed by atoms with Gasteiger partial charge in [-0.3, -0.25) is 9.58 Å². The van der Waals surface area contributed by atoms with Crippen molar-refractivity contribution in [2.45, 2.75) is 53.6 Å². The molecule has 1 unspecified atom stereocenters. The molecule has 2 rings (SSSR count). The Kier molecular flexibility index (Phi) is 12.0. The fraction of sp³-hybridized carbons (Fsp3) is 0.565. The maximum absolute atomic E-state index is 4.83. The minimum Gasteiger partial charge on any atom is -0.357 e. The quantitative estimate of drug-likeness (QED) is 0.282. The fourth-order valence-corrected chi connectivity index (χ4v) is 3.72. The van der Waals surface area contributed by atoms with E-state index in [1.54, 1.807) is 0 Å². The number of guanidine groups is 1. The number of rotatable bonds is 10. The average molecular weight is 527 g/mol. The summed E-state index contributed by atoms with van der Waals surface area (Å²) in [6, 6.07) is 11.1. The van der Waals surface area contributed by atoms with Crippen LogP contribution in [0.3, 0.4) is 0 Å². The highest BCUT2D eigenvalue weighted by molar-refractivity contribution is 14.0. The Morgan fingerprint density at radius 1 is 1.10 bits per heavy atom. The van der Waals surface area contributed by atoms with Gasteiger partial charge in [-0.2, -0.15) is 5.10 Å². The molecule has 0 bridgehead atoms. The molecule has 1 aromatic heterocycles. The lowest BCUT2D eigenvalue weighted by atomic mass is 10.0. The lowest BCUT2D eigenvalue weighted by molar-refractivity contribution is 0.215. The largest absolute Gasteiger partial charge is 0.357 e. The van der Waals surface area contributed by atoms with Gasteiger partial charge in [-0.1, -0.05) is 44.2 Å². The highest BCUT2D eigenvalue weighted by atomic mass is 127. The Balaban J connectivity index is 0.00000450. The smallest absolute Gasteiger partial charge is 0.191 e. The van der Waals surface area contributed by atoms with Crippen LogP contribution < -0.4 is 10.6 Å². The van der Waals surface area contributed by atoms with Crippen LogP contribution in [0.1, 0.15) is 43.3 Å². The molecule has 2 N–H and O–H groups in total. The van der Waals surface area contributed by atoms with Crippen LogP contribution in [0.15, 0.2) is 35.3 Å². The SMILES string of the molecule is CCNC(=NCc1c(C)nn(C)c1C)NCC(Cc1ccccc1)N(CC)CC.I. The third-order valence-electron chi connectivity index (χ3n) is 5.55. The number of hydrogen-bond donors (Lipinski definition) is 2. The molecule has 0 aliphatic heterocycles. The standard InChI is InChI=1S/C23H38N6.HI/c1-7-24-23(26-17-22-18(4)27-28(6)19(22)5)25-16-21(29(8-2)9-3)15-20-13-11-10-12-14-20;/h10-14,21H,7-9,15-17H2,1-6H3,(H2,24,25,26);1H. The molecular weight excluding hydrogens is 487 g/mol. The first-order valence-corrected chi connectivity index (χ1v) is 10.8. The van der Waals surface area contributed by atoms with Gasteiger partial charge in [0, 0.05) is 37.4 Å². The average Bonchev–Trinajstić information content (AvgIpc) is 2.96. The number of likely N-dealkylation sites (N-methyl/N-ethyl adjacent to an activating group) is 1. The molecule has 0 saturated carbocycles. The van der Waals surface area contributed by atoms with E-state index in [0.717, 1.165) is 44.3 Å².